The lowest BCUT2D eigenvalue weighted by atomic mass is 10.0. The van der Waals surface area contributed by atoms with Crippen LogP contribution >= 0.6 is 11.8 Å². The van der Waals surface area contributed by atoms with E-state index >= 15 is 0 Å². The summed E-state index contributed by atoms with van der Waals surface area (Å²) in [5.74, 6) is 1.32. The molecule has 0 saturated carbocycles. The summed E-state index contributed by atoms with van der Waals surface area (Å²) in [4.78, 5) is 17.3. The minimum absolute atomic E-state index is 0.114. The number of carbonyl (C=O) groups is 1. The first-order valence-corrected chi connectivity index (χ1v) is 7.84. The molecule has 1 aliphatic heterocycles. The highest BCUT2D eigenvalue weighted by molar-refractivity contribution is 7.98. The number of hydrogen-bond donors (Lipinski definition) is 0. The molecule has 0 spiro atoms. The molecular weight excluding hydrogens is 288 g/mol. The molecule has 0 N–H and O–H groups in total. The van der Waals surface area contributed by atoms with Crippen LogP contribution in [-0.2, 0) is 15.3 Å². The topological polar surface area (TPSA) is 65.2 Å². The second-order valence-corrected chi connectivity index (χ2v) is 5.96. The van der Waals surface area contributed by atoms with Crippen LogP contribution in [0.1, 0.15) is 29.6 Å². The Morgan fingerprint density at radius 2 is 2.24 bits per heavy atom. The number of rotatable bonds is 4. The maximum atomic E-state index is 11.8. The minimum Gasteiger partial charge on any atom is -0.380 e. The smallest absolute Gasteiger partial charge is 0.239 e. The maximum Gasteiger partial charge on any atom is 0.239 e. The number of aromatic nitrogens is 2. The standard InChI is InChI=1S/C15H16N2O3S/c1-10-4-2-3-5-13(10)21-9-14-16-15(20-17-14)11-8-19-7-6-12(11)18/h2-5,11H,6-9H2,1H3. The third kappa shape index (κ3) is 3.33. The summed E-state index contributed by atoms with van der Waals surface area (Å²) in [7, 11) is 0. The van der Waals surface area contributed by atoms with Crippen LogP contribution in [0.3, 0.4) is 0 Å². The highest BCUT2D eigenvalue weighted by Gasteiger charge is 2.29. The van der Waals surface area contributed by atoms with Crippen LogP contribution < -0.4 is 0 Å². The first-order chi connectivity index (χ1) is 10.2. The highest BCUT2D eigenvalue weighted by atomic mass is 32.2. The lowest BCUT2D eigenvalue weighted by Gasteiger charge is -2.17. The molecule has 5 nitrogen and oxygen atoms in total. The van der Waals surface area contributed by atoms with Crippen LogP contribution in [0.25, 0.3) is 0 Å². The van der Waals surface area contributed by atoms with Gasteiger partial charge >= 0.3 is 0 Å². The van der Waals surface area contributed by atoms with E-state index in [1.165, 1.54) is 10.5 Å². The van der Waals surface area contributed by atoms with Crippen molar-refractivity contribution in [1.82, 2.24) is 10.1 Å². The molecule has 1 aromatic heterocycles. The van der Waals surface area contributed by atoms with Gasteiger partial charge in [-0.15, -0.1) is 11.8 Å². The van der Waals surface area contributed by atoms with Crippen molar-refractivity contribution >= 4 is 17.5 Å². The average molecular weight is 304 g/mol. The van der Waals surface area contributed by atoms with Crippen LogP contribution in [-0.4, -0.2) is 29.1 Å². The first kappa shape index (κ1) is 14.3. The molecule has 3 rings (SSSR count). The van der Waals surface area contributed by atoms with Gasteiger partial charge in [0.05, 0.1) is 19.0 Å². The monoisotopic (exact) mass is 304 g/mol. The number of Topliss-reactive ketones (excluding diaryl/α,β-unsaturated/α-hetero) is 1. The lowest BCUT2D eigenvalue weighted by Crippen LogP contribution is -2.25. The van der Waals surface area contributed by atoms with Gasteiger partial charge < -0.3 is 9.26 Å². The summed E-state index contributed by atoms with van der Waals surface area (Å²) >= 11 is 1.66. The summed E-state index contributed by atoms with van der Waals surface area (Å²) in [5.41, 5.74) is 1.22. The summed E-state index contributed by atoms with van der Waals surface area (Å²) in [5, 5.41) is 3.96. The molecule has 2 heterocycles. The van der Waals surface area contributed by atoms with E-state index in [0.717, 1.165) is 0 Å². The molecule has 1 atom stereocenters. The van der Waals surface area contributed by atoms with Crippen LogP contribution in [0.4, 0.5) is 0 Å². The molecule has 1 aromatic carbocycles. The Kier molecular flexibility index (Phi) is 4.36. The second kappa shape index (κ2) is 6.41. The Labute approximate surface area is 127 Å². The van der Waals surface area contributed by atoms with Crippen molar-refractivity contribution in [2.24, 2.45) is 0 Å². The van der Waals surface area contributed by atoms with Gasteiger partial charge in [-0.25, -0.2) is 0 Å². The van der Waals surface area contributed by atoms with E-state index in [9.17, 15) is 4.79 Å². The van der Waals surface area contributed by atoms with Gasteiger partial charge in [-0.05, 0) is 18.6 Å². The van der Waals surface area contributed by atoms with E-state index in [2.05, 4.69) is 29.2 Å². The van der Waals surface area contributed by atoms with Crippen LogP contribution in [0.2, 0.25) is 0 Å². The van der Waals surface area contributed by atoms with E-state index in [1.807, 2.05) is 12.1 Å². The summed E-state index contributed by atoms with van der Waals surface area (Å²) in [6, 6.07) is 8.16. The molecule has 1 saturated heterocycles. The number of ketones is 1. The van der Waals surface area contributed by atoms with E-state index in [1.54, 1.807) is 11.8 Å². The van der Waals surface area contributed by atoms with Crippen molar-refractivity contribution in [3.8, 4) is 0 Å². The quantitative estimate of drug-likeness (QED) is 0.809. The van der Waals surface area contributed by atoms with Gasteiger partial charge in [0.15, 0.2) is 5.82 Å². The zero-order chi connectivity index (χ0) is 14.7. The predicted molar refractivity (Wildman–Crippen MR) is 78.2 cm³/mol. The molecule has 110 valence electrons. The largest absolute Gasteiger partial charge is 0.380 e. The number of benzene rings is 1. The normalized spacial score (nSPS) is 18.9. The fourth-order valence-electron chi connectivity index (χ4n) is 2.18. The molecule has 2 aromatic rings. The van der Waals surface area contributed by atoms with Gasteiger partial charge in [-0.2, -0.15) is 4.98 Å². The number of carbonyl (C=O) groups excluding carboxylic acids is 1. The Morgan fingerprint density at radius 3 is 3.05 bits per heavy atom. The van der Waals surface area contributed by atoms with E-state index in [0.29, 0.717) is 37.1 Å². The van der Waals surface area contributed by atoms with E-state index in [-0.39, 0.29) is 5.78 Å². The zero-order valence-corrected chi connectivity index (χ0v) is 12.6. The van der Waals surface area contributed by atoms with Gasteiger partial charge in [-0.3, -0.25) is 4.79 Å². The summed E-state index contributed by atoms with van der Waals surface area (Å²) in [6.07, 6.45) is 0.417. The van der Waals surface area contributed by atoms with Crippen LogP contribution in [0, 0.1) is 6.92 Å². The number of aryl methyl sites for hydroxylation is 1. The maximum absolute atomic E-state index is 11.8. The van der Waals surface area contributed by atoms with Crippen molar-refractivity contribution in [1.29, 1.82) is 0 Å². The number of hydrogen-bond acceptors (Lipinski definition) is 6. The summed E-state index contributed by atoms with van der Waals surface area (Å²) in [6.45, 7) is 2.90. The van der Waals surface area contributed by atoms with Gasteiger partial charge in [0, 0.05) is 11.3 Å². The molecule has 6 heteroatoms. The average Bonchev–Trinajstić information content (AvgIpc) is 2.96. The molecule has 0 radical (unpaired) electrons. The van der Waals surface area contributed by atoms with Crippen molar-refractivity contribution in [3.63, 3.8) is 0 Å². The lowest BCUT2D eigenvalue weighted by molar-refractivity contribution is -0.127. The Morgan fingerprint density at radius 1 is 1.38 bits per heavy atom. The first-order valence-electron chi connectivity index (χ1n) is 6.85. The van der Waals surface area contributed by atoms with Gasteiger partial charge in [0.25, 0.3) is 0 Å². The number of nitrogens with zero attached hydrogens (tertiary/aromatic N) is 2. The van der Waals surface area contributed by atoms with E-state index < -0.39 is 5.92 Å². The van der Waals surface area contributed by atoms with Gasteiger partial charge in [0.1, 0.15) is 11.7 Å². The van der Waals surface area contributed by atoms with Crippen LogP contribution in [0.5, 0.6) is 0 Å². The molecule has 21 heavy (non-hydrogen) atoms. The molecule has 1 aliphatic rings. The molecule has 0 aliphatic carbocycles. The molecule has 1 fully saturated rings. The van der Waals surface area contributed by atoms with Gasteiger partial charge in [0.2, 0.25) is 5.89 Å². The number of thioether (sulfide) groups is 1. The summed E-state index contributed by atoms with van der Waals surface area (Å²) < 4.78 is 10.5. The van der Waals surface area contributed by atoms with Crippen molar-refractivity contribution < 1.29 is 14.1 Å². The van der Waals surface area contributed by atoms with Crippen molar-refractivity contribution in [3.05, 3.63) is 41.5 Å². The number of ether oxygens (including phenoxy) is 1. The minimum atomic E-state index is -0.400. The fraction of sp³-hybridized carbons (Fsp3) is 0.400. The fourth-order valence-corrected chi connectivity index (χ4v) is 3.05. The second-order valence-electron chi connectivity index (χ2n) is 4.95. The van der Waals surface area contributed by atoms with Crippen LogP contribution in [0.15, 0.2) is 33.7 Å². The molecular formula is C15H16N2O3S. The van der Waals surface area contributed by atoms with E-state index in [4.69, 9.17) is 9.26 Å². The SMILES string of the molecule is Cc1ccccc1SCc1noc(C2COCCC2=O)n1. The third-order valence-corrected chi connectivity index (χ3v) is 4.57. The van der Waals surface area contributed by atoms with Crippen molar-refractivity contribution in [2.45, 2.75) is 29.9 Å². The molecule has 0 bridgehead atoms. The predicted octanol–water partition coefficient (Wildman–Crippen LogP) is 2.74. The molecule has 0 amide bonds. The Hall–Kier alpha value is -1.66. The third-order valence-electron chi connectivity index (χ3n) is 3.40. The highest BCUT2D eigenvalue weighted by Crippen LogP contribution is 2.26. The van der Waals surface area contributed by atoms with Gasteiger partial charge in [-0.1, -0.05) is 23.4 Å². The zero-order valence-electron chi connectivity index (χ0n) is 11.7. The Balaban J connectivity index is 1.65. The Bertz CT molecular complexity index is 641. The van der Waals surface area contributed by atoms with Crippen molar-refractivity contribution in [2.75, 3.05) is 13.2 Å². The molecule has 1 unspecified atom stereocenters.